The smallest absolute Gasteiger partial charge is 0.140 e. The number of rotatable bonds is 2. The van der Waals surface area contributed by atoms with E-state index in [0.717, 1.165) is 47.4 Å². The van der Waals surface area contributed by atoms with Gasteiger partial charge in [0.1, 0.15) is 12.1 Å². The summed E-state index contributed by atoms with van der Waals surface area (Å²) >= 11 is 3.55. The topological polar surface area (TPSA) is 32.3 Å². The summed E-state index contributed by atoms with van der Waals surface area (Å²) in [4.78, 5) is 13.7. The molecule has 1 aliphatic heterocycles. The Morgan fingerprint density at radius 1 is 0.875 bits per heavy atom. The number of hydrogen-bond donors (Lipinski definition) is 0. The van der Waals surface area contributed by atoms with Crippen molar-refractivity contribution in [2.45, 2.75) is 6.92 Å². The number of nitrogens with zero attached hydrogens (tertiary/aromatic N) is 4. The molecule has 0 atom stereocenters. The van der Waals surface area contributed by atoms with Gasteiger partial charge in [-0.3, -0.25) is 0 Å². The Labute approximate surface area is 150 Å². The van der Waals surface area contributed by atoms with Crippen LogP contribution >= 0.6 is 15.9 Å². The Kier molecular flexibility index (Phi) is 4.10. The van der Waals surface area contributed by atoms with Gasteiger partial charge in [0.05, 0.1) is 5.52 Å². The second kappa shape index (κ2) is 6.40. The van der Waals surface area contributed by atoms with Gasteiger partial charge >= 0.3 is 0 Å². The van der Waals surface area contributed by atoms with Crippen LogP contribution in [0.15, 0.2) is 53.3 Å². The van der Waals surface area contributed by atoms with Gasteiger partial charge in [0.2, 0.25) is 0 Å². The number of hydrogen-bond acceptors (Lipinski definition) is 4. The minimum Gasteiger partial charge on any atom is -0.368 e. The SMILES string of the molecule is Cc1ccc(N2CCN(c3ncnc4ccc(Br)cc34)CC2)cc1. The van der Waals surface area contributed by atoms with E-state index < -0.39 is 0 Å². The van der Waals surface area contributed by atoms with Gasteiger partial charge in [-0.15, -0.1) is 0 Å². The van der Waals surface area contributed by atoms with E-state index in [-0.39, 0.29) is 0 Å². The fourth-order valence-electron chi connectivity index (χ4n) is 3.20. The summed E-state index contributed by atoms with van der Waals surface area (Å²) in [6, 6.07) is 14.9. The van der Waals surface area contributed by atoms with Gasteiger partial charge in [-0.2, -0.15) is 0 Å². The van der Waals surface area contributed by atoms with E-state index in [9.17, 15) is 0 Å². The van der Waals surface area contributed by atoms with Crippen LogP contribution in [0.25, 0.3) is 10.9 Å². The van der Waals surface area contributed by atoms with E-state index in [0.29, 0.717) is 0 Å². The Balaban J connectivity index is 1.56. The predicted octanol–water partition coefficient (Wildman–Crippen LogP) is 4.03. The number of halogens is 1. The summed E-state index contributed by atoms with van der Waals surface area (Å²) < 4.78 is 1.06. The molecule has 0 spiro atoms. The van der Waals surface area contributed by atoms with Crippen molar-refractivity contribution in [2.24, 2.45) is 0 Å². The van der Waals surface area contributed by atoms with Crippen molar-refractivity contribution in [1.29, 1.82) is 0 Å². The Morgan fingerprint density at radius 2 is 1.58 bits per heavy atom. The van der Waals surface area contributed by atoms with Crippen LogP contribution in [0.3, 0.4) is 0 Å². The van der Waals surface area contributed by atoms with Crippen LogP contribution in [0.2, 0.25) is 0 Å². The molecule has 2 heterocycles. The molecule has 5 heteroatoms. The lowest BCUT2D eigenvalue weighted by Gasteiger charge is -2.37. The van der Waals surface area contributed by atoms with Gasteiger partial charge in [-0.25, -0.2) is 9.97 Å². The van der Waals surface area contributed by atoms with Gasteiger partial charge in [-0.1, -0.05) is 33.6 Å². The van der Waals surface area contributed by atoms with Crippen LogP contribution in [-0.4, -0.2) is 36.1 Å². The third-order valence-electron chi connectivity index (χ3n) is 4.55. The molecular formula is C19H19BrN4. The molecule has 1 aliphatic rings. The maximum absolute atomic E-state index is 4.56. The van der Waals surface area contributed by atoms with Crippen molar-refractivity contribution < 1.29 is 0 Å². The van der Waals surface area contributed by atoms with E-state index in [2.05, 4.69) is 73.0 Å². The minimum absolute atomic E-state index is 0.965. The van der Waals surface area contributed by atoms with Crippen LogP contribution in [0, 0.1) is 6.92 Å². The number of anilines is 2. The molecule has 0 unspecified atom stereocenters. The third-order valence-corrected chi connectivity index (χ3v) is 5.05. The summed E-state index contributed by atoms with van der Waals surface area (Å²) in [6.07, 6.45) is 1.66. The van der Waals surface area contributed by atoms with E-state index in [4.69, 9.17) is 0 Å². The molecule has 1 aromatic heterocycles. The molecule has 0 N–H and O–H groups in total. The minimum atomic E-state index is 0.965. The van der Waals surface area contributed by atoms with Gasteiger partial charge in [0.25, 0.3) is 0 Å². The number of piperazine rings is 1. The average molecular weight is 383 g/mol. The molecule has 4 rings (SSSR count). The van der Waals surface area contributed by atoms with Gasteiger partial charge in [0.15, 0.2) is 0 Å². The number of benzene rings is 2. The molecule has 0 radical (unpaired) electrons. The van der Waals surface area contributed by atoms with Crippen LogP contribution in [0.5, 0.6) is 0 Å². The summed E-state index contributed by atoms with van der Waals surface area (Å²) in [5.74, 6) is 1.03. The van der Waals surface area contributed by atoms with Gasteiger partial charge in [-0.05, 0) is 37.3 Å². The average Bonchev–Trinajstić information content (AvgIpc) is 2.62. The summed E-state index contributed by atoms with van der Waals surface area (Å²) in [6.45, 7) is 6.06. The molecule has 0 aliphatic carbocycles. The zero-order chi connectivity index (χ0) is 16.5. The fourth-order valence-corrected chi connectivity index (χ4v) is 3.56. The second-order valence-corrected chi connectivity index (χ2v) is 7.08. The van der Waals surface area contributed by atoms with E-state index >= 15 is 0 Å². The Hall–Kier alpha value is -2.14. The highest BCUT2D eigenvalue weighted by atomic mass is 79.9. The quantitative estimate of drug-likeness (QED) is 0.669. The normalized spacial score (nSPS) is 15.1. The van der Waals surface area contributed by atoms with Crippen molar-refractivity contribution in [3.05, 3.63) is 58.8 Å². The van der Waals surface area contributed by atoms with Gasteiger partial charge < -0.3 is 9.80 Å². The van der Waals surface area contributed by atoms with Gasteiger partial charge in [0, 0.05) is 41.7 Å². The first-order valence-electron chi connectivity index (χ1n) is 8.17. The number of aromatic nitrogens is 2. The van der Waals surface area contributed by atoms with Crippen molar-refractivity contribution in [3.8, 4) is 0 Å². The molecule has 1 saturated heterocycles. The number of fused-ring (bicyclic) bond motifs is 1. The zero-order valence-electron chi connectivity index (χ0n) is 13.6. The van der Waals surface area contributed by atoms with Crippen LogP contribution in [0.4, 0.5) is 11.5 Å². The summed E-state index contributed by atoms with van der Waals surface area (Å²) in [5, 5.41) is 1.11. The Morgan fingerprint density at radius 3 is 2.33 bits per heavy atom. The molecule has 122 valence electrons. The van der Waals surface area contributed by atoms with Crippen molar-refractivity contribution in [2.75, 3.05) is 36.0 Å². The van der Waals surface area contributed by atoms with E-state index in [1.54, 1.807) is 6.33 Å². The third kappa shape index (κ3) is 2.96. The largest absolute Gasteiger partial charge is 0.368 e. The second-order valence-electron chi connectivity index (χ2n) is 6.17. The molecular weight excluding hydrogens is 364 g/mol. The van der Waals surface area contributed by atoms with Crippen molar-refractivity contribution in [3.63, 3.8) is 0 Å². The van der Waals surface area contributed by atoms with Crippen LogP contribution in [-0.2, 0) is 0 Å². The lowest BCUT2D eigenvalue weighted by molar-refractivity contribution is 0.649. The molecule has 0 bridgehead atoms. The molecule has 24 heavy (non-hydrogen) atoms. The molecule has 3 aromatic rings. The fraction of sp³-hybridized carbons (Fsp3) is 0.263. The monoisotopic (exact) mass is 382 g/mol. The molecule has 1 fully saturated rings. The van der Waals surface area contributed by atoms with Crippen LogP contribution in [0.1, 0.15) is 5.56 Å². The molecule has 0 saturated carbocycles. The first-order chi connectivity index (χ1) is 11.7. The maximum atomic E-state index is 4.56. The maximum Gasteiger partial charge on any atom is 0.140 e. The summed E-state index contributed by atoms with van der Waals surface area (Å²) in [5.41, 5.74) is 3.59. The first-order valence-corrected chi connectivity index (χ1v) is 8.97. The van der Waals surface area contributed by atoms with E-state index in [1.165, 1.54) is 11.3 Å². The lowest BCUT2D eigenvalue weighted by Crippen LogP contribution is -2.46. The Bertz CT molecular complexity index is 855. The predicted molar refractivity (Wildman–Crippen MR) is 103 cm³/mol. The molecule has 4 nitrogen and oxygen atoms in total. The number of aryl methyl sites for hydroxylation is 1. The molecule has 2 aromatic carbocycles. The van der Waals surface area contributed by atoms with Crippen LogP contribution < -0.4 is 9.80 Å². The summed E-state index contributed by atoms with van der Waals surface area (Å²) in [7, 11) is 0. The van der Waals surface area contributed by atoms with Crippen molar-refractivity contribution in [1.82, 2.24) is 9.97 Å². The highest BCUT2D eigenvalue weighted by Gasteiger charge is 2.20. The highest BCUT2D eigenvalue weighted by Crippen LogP contribution is 2.27. The standard InChI is InChI=1S/C19H19BrN4/c1-14-2-5-16(6-3-14)23-8-10-24(11-9-23)19-17-12-15(20)4-7-18(17)21-13-22-19/h2-7,12-13H,8-11H2,1H3. The zero-order valence-corrected chi connectivity index (χ0v) is 15.2. The highest BCUT2D eigenvalue weighted by molar-refractivity contribution is 9.10. The van der Waals surface area contributed by atoms with E-state index in [1.807, 2.05) is 12.1 Å². The lowest BCUT2D eigenvalue weighted by atomic mass is 10.2. The molecule has 0 amide bonds. The first kappa shape index (κ1) is 15.4. The van der Waals surface area contributed by atoms with Crippen molar-refractivity contribution >= 4 is 38.3 Å².